The van der Waals surface area contributed by atoms with Gasteiger partial charge in [-0.3, -0.25) is 0 Å². The summed E-state index contributed by atoms with van der Waals surface area (Å²) < 4.78 is 24.1. The molecule has 0 radical (unpaired) electrons. The Labute approximate surface area is 156 Å². The number of benzene rings is 1. The second-order valence-corrected chi connectivity index (χ2v) is 7.20. The first-order chi connectivity index (χ1) is 13.2. The molecule has 2 aromatic rings. The zero-order chi connectivity index (χ0) is 18.6. The van der Waals surface area contributed by atoms with Crippen LogP contribution in [0.2, 0.25) is 0 Å². The summed E-state index contributed by atoms with van der Waals surface area (Å²) in [5.41, 5.74) is 0. The van der Waals surface area contributed by atoms with Gasteiger partial charge in [-0.15, -0.1) is 0 Å². The molecule has 7 nitrogen and oxygen atoms in total. The van der Waals surface area contributed by atoms with E-state index in [4.69, 9.17) is 9.26 Å². The van der Waals surface area contributed by atoms with E-state index in [0.29, 0.717) is 43.1 Å². The molecule has 27 heavy (non-hydrogen) atoms. The van der Waals surface area contributed by atoms with Gasteiger partial charge in [-0.1, -0.05) is 11.2 Å². The van der Waals surface area contributed by atoms with Gasteiger partial charge in [-0.05, 0) is 37.8 Å². The average Bonchev–Trinajstić information content (AvgIpc) is 3.43. The van der Waals surface area contributed by atoms with Gasteiger partial charge >= 0.3 is 6.03 Å². The highest BCUT2D eigenvalue weighted by Gasteiger charge is 2.30. The summed E-state index contributed by atoms with van der Waals surface area (Å²) in [6.45, 7) is 2.04. The molecule has 0 spiro atoms. The smallest absolute Gasteiger partial charge is 0.317 e. The van der Waals surface area contributed by atoms with Crippen molar-refractivity contribution in [1.29, 1.82) is 0 Å². The summed E-state index contributed by atoms with van der Waals surface area (Å²) >= 11 is 0. The number of rotatable bonds is 6. The minimum atomic E-state index is -0.316. The van der Waals surface area contributed by atoms with Gasteiger partial charge < -0.3 is 19.5 Å². The third-order valence-corrected chi connectivity index (χ3v) is 4.90. The van der Waals surface area contributed by atoms with E-state index in [1.54, 1.807) is 17.0 Å². The predicted octanol–water partition coefficient (Wildman–Crippen LogP) is 3.09. The lowest BCUT2D eigenvalue weighted by Crippen LogP contribution is -2.46. The Bertz CT molecular complexity index is 793. The Balaban J connectivity index is 1.23. The molecule has 1 aliphatic carbocycles. The quantitative estimate of drug-likeness (QED) is 0.840. The second kappa shape index (κ2) is 7.94. The van der Waals surface area contributed by atoms with Crippen molar-refractivity contribution in [2.24, 2.45) is 5.92 Å². The lowest BCUT2D eigenvalue weighted by atomic mass is 9.99. The number of piperidine rings is 1. The molecule has 1 saturated heterocycles. The van der Waals surface area contributed by atoms with Crippen molar-refractivity contribution in [1.82, 2.24) is 20.4 Å². The van der Waals surface area contributed by atoms with Gasteiger partial charge in [0.15, 0.2) is 5.82 Å². The van der Waals surface area contributed by atoms with Crippen LogP contribution >= 0.6 is 0 Å². The Kier molecular flexibility index (Phi) is 5.22. The number of nitrogens with one attached hydrogen (secondary N) is 1. The van der Waals surface area contributed by atoms with Gasteiger partial charge in [0.1, 0.15) is 11.6 Å². The first kappa shape index (κ1) is 17.8. The van der Waals surface area contributed by atoms with Crippen LogP contribution < -0.4 is 10.1 Å². The zero-order valence-corrected chi connectivity index (χ0v) is 15.1. The van der Waals surface area contributed by atoms with Gasteiger partial charge in [-0.25, -0.2) is 9.18 Å². The third-order valence-electron chi connectivity index (χ3n) is 4.90. The van der Waals surface area contributed by atoms with Crippen LogP contribution in [0.3, 0.4) is 0 Å². The van der Waals surface area contributed by atoms with Crippen molar-refractivity contribution < 1.29 is 18.4 Å². The molecule has 1 aromatic carbocycles. The van der Waals surface area contributed by atoms with E-state index in [1.807, 2.05) is 0 Å². The van der Waals surface area contributed by atoms with E-state index in [9.17, 15) is 9.18 Å². The van der Waals surface area contributed by atoms with Crippen LogP contribution in [0.4, 0.5) is 9.18 Å². The molecule has 1 N–H and O–H groups in total. The van der Waals surface area contributed by atoms with Crippen molar-refractivity contribution in [3.63, 3.8) is 0 Å². The van der Waals surface area contributed by atoms with Crippen LogP contribution in [0.5, 0.6) is 5.75 Å². The van der Waals surface area contributed by atoms with Gasteiger partial charge in [0.25, 0.3) is 0 Å². The van der Waals surface area contributed by atoms with E-state index >= 15 is 0 Å². The number of carbonyl (C=O) groups excluding carboxylic acids is 1. The van der Waals surface area contributed by atoms with E-state index in [2.05, 4.69) is 15.5 Å². The van der Waals surface area contributed by atoms with Crippen molar-refractivity contribution in [3.05, 3.63) is 41.8 Å². The van der Waals surface area contributed by atoms with Crippen LogP contribution in [-0.4, -0.2) is 40.8 Å². The van der Waals surface area contributed by atoms with E-state index < -0.39 is 0 Å². The fourth-order valence-corrected chi connectivity index (χ4v) is 3.26. The number of likely N-dealkylation sites (tertiary alicyclic amines) is 1. The fourth-order valence-electron chi connectivity index (χ4n) is 3.26. The summed E-state index contributed by atoms with van der Waals surface area (Å²) in [5, 5.41) is 6.76. The maximum Gasteiger partial charge on any atom is 0.317 e. The van der Waals surface area contributed by atoms with Gasteiger partial charge in [0.05, 0.1) is 13.2 Å². The molecule has 0 bridgehead atoms. The summed E-state index contributed by atoms with van der Waals surface area (Å²) in [7, 11) is 0. The maximum atomic E-state index is 13.2. The molecule has 144 valence electrons. The van der Waals surface area contributed by atoms with Crippen molar-refractivity contribution in [2.75, 3.05) is 19.7 Å². The minimum absolute atomic E-state index is 0.136. The normalized spacial score (nSPS) is 19.7. The number of urea groups is 1. The molecular formula is C19H23FN4O3. The van der Waals surface area contributed by atoms with Gasteiger partial charge in [0, 0.05) is 31.0 Å². The van der Waals surface area contributed by atoms with Crippen LogP contribution in [0.25, 0.3) is 0 Å². The first-order valence-corrected chi connectivity index (χ1v) is 9.41. The first-order valence-electron chi connectivity index (χ1n) is 9.41. The topological polar surface area (TPSA) is 80.5 Å². The largest absolute Gasteiger partial charge is 0.493 e. The molecule has 8 heteroatoms. The number of hydrogen-bond donors (Lipinski definition) is 1. The van der Waals surface area contributed by atoms with Crippen molar-refractivity contribution in [3.8, 4) is 5.75 Å². The Morgan fingerprint density at radius 1 is 1.37 bits per heavy atom. The van der Waals surface area contributed by atoms with Gasteiger partial charge in [0.2, 0.25) is 5.89 Å². The minimum Gasteiger partial charge on any atom is -0.493 e. The number of nitrogens with zero attached hydrogens (tertiary/aromatic N) is 3. The van der Waals surface area contributed by atoms with E-state index in [-0.39, 0.29) is 24.3 Å². The molecular weight excluding hydrogens is 351 g/mol. The van der Waals surface area contributed by atoms with Crippen LogP contribution in [-0.2, 0) is 6.54 Å². The standard InChI is InChI=1S/C19H23FN4O3/c20-15-4-1-5-16(9-15)26-12-13-3-2-8-24(11-13)19(25)21-10-17-22-18(27-23-17)14-6-7-14/h1,4-5,9,13-14H,2-3,6-8,10-12H2,(H,21,25)/t13-/m0/s1. The van der Waals surface area contributed by atoms with Crippen LogP contribution in [0.15, 0.2) is 28.8 Å². The molecule has 1 atom stereocenters. The van der Waals surface area contributed by atoms with E-state index in [0.717, 1.165) is 25.7 Å². The number of aromatic nitrogens is 2. The van der Waals surface area contributed by atoms with Crippen molar-refractivity contribution >= 4 is 6.03 Å². The molecule has 2 fully saturated rings. The summed E-state index contributed by atoms with van der Waals surface area (Å²) in [6.07, 6.45) is 4.09. The summed E-state index contributed by atoms with van der Waals surface area (Å²) in [6, 6.07) is 5.98. The Hall–Kier alpha value is -2.64. The van der Waals surface area contributed by atoms with Crippen molar-refractivity contribution in [2.45, 2.75) is 38.1 Å². The zero-order valence-electron chi connectivity index (χ0n) is 15.1. The predicted molar refractivity (Wildman–Crippen MR) is 94.7 cm³/mol. The molecule has 2 heterocycles. The molecule has 2 aliphatic rings. The highest BCUT2D eigenvalue weighted by molar-refractivity contribution is 5.74. The lowest BCUT2D eigenvalue weighted by molar-refractivity contribution is 0.137. The van der Waals surface area contributed by atoms with Crippen LogP contribution in [0, 0.1) is 11.7 Å². The molecule has 1 aliphatic heterocycles. The molecule has 1 saturated carbocycles. The number of carbonyl (C=O) groups is 1. The highest BCUT2D eigenvalue weighted by atomic mass is 19.1. The summed E-state index contributed by atoms with van der Waals surface area (Å²) in [4.78, 5) is 18.5. The Morgan fingerprint density at radius 2 is 2.26 bits per heavy atom. The number of hydrogen-bond acceptors (Lipinski definition) is 5. The number of halogens is 1. The average molecular weight is 374 g/mol. The lowest BCUT2D eigenvalue weighted by Gasteiger charge is -2.32. The molecule has 1 aromatic heterocycles. The second-order valence-electron chi connectivity index (χ2n) is 7.20. The Morgan fingerprint density at radius 3 is 3.07 bits per heavy atom. The fraction of sp³-hybridized carbons (Fsp3) is 0.526. The highest BCUT2D eigenvalue weighted by Crippen LogP contribution is 2.38. The molecule has 0 unspecified atom stereocenters. The van der Waals surface area contributed by atoms with E-state index in [1.165, 1.54) is 12.1 Å². The third kappa shape index (κ3) is 4.75. The SMILES string of the molecule is O=C(NCc1noc(C2CC2)n1)N1CCC[C@H](COc2cccc(F)c2)C1. The number of ether oxygens (including phenoxy) is 1. The molecule has 4 rings (SSSR count). The van der Waals surface area contributed by atoms with Gasteiger partial charge in [-0.2, -0.15) is 4.98 Å². The monoisotopic (exact) mass is 374 g/mol. The summed E-state index contributed by atoms with van der Waals surface area (Å²) in [5.74, 6) is 2.01. The maximum absolute atomic E-state index is 13.2. The molecule has 2 amide bonds. The number of amides is 2. The van der Waals surface area contributed by atoms with Crippen LogP contribution in [0.1, 0.15) is 43.3 Å².